The smallest absolute Gasteiger partial charge is 0.239 e. The van der Waals surface area contributed by atoms with Crippen molar-refractivity contribution in [2.24, 2.45) is 11.7 Å². The topological polar surface area (TPSA) is 78.7 Å². The van der Waals surface area contributed by atoms with Gasteiger partial charge in [0.2, 0.25) is 11.8 Å². The maximum atomic E-state index is 12.9. The molecule has 1 saturated heterocycles. The molecule has 1 aliphatic heterocycles. The Hall–Kier alpha value is -1.70. The first-order chi connectivity index (χ1) is 11.9. The van der Waals surface area contributed by atoms with Gasteiger partial charge in [-0.2, -0.15) is 0 Å². The second-order valence-corrected chi connectivity index (χ2v) is 6.57. The number of carbonyl (C=O) groups is 2. The normalized spacial score (nSPS) is 17.2. The molecule has 8 heteroatoms. The van der Waals surface area contributed by atoms with E-state index in [0.717, 1.165) is 6.42 Å². The molecule has 3 N–H and O–H groups in total. The molecule has 2 rings (SSSR count). The van der Waals surface area contributed by atoms with Gasteiger partial charge in [0.15, 0.2) is 0 Å². The van der Waals surface area contributed by atoms with E-state index >= 15 is 0 Å². The second kappa shape index (κ2) is 10.4. The molecule has 2 unspecified atom stereocenters. The largest absolute Gasteiger partial charge is 0.339 e. The maximum Gasteiger partial charge on any atom is 0.239 e. The minimum absolute atomic E-state index is 0. The number of hydrogen-bond acceptors (Lipinski definition) is 4. The Kier molecular flexibility index (Phi) is 8.98. The van der Waals surface area contributed by atoms with E-state index in [0.29, 0.717) is 31.9 Å². The fourth-order valence-electron chi connectivity index (χ4n) is 2.77. The van der Waals surface area contributed by atoms with Gasteiger partial charge >= 0.3 is 0 Å². The number of nitrogens with one attached hydrogen (secondary N) is 1. The predicted molar refractivity (Wildman–Crippen MR) is 103 cm³/mol. The van der Waals surface area contributed by atoms with Crippen LogP contribution in [0.15, 0.2) is 24.3 Å². The van der Waals surface area contributed by atoms with Gasteiger partial charge in [0, 0.05) is 31.9 Å². The highest BCUT2D eigenvalue weighted by atomic mass is 35.5. The first-order valence-electron chi connectivity index (χ1n) is 8.72. The van der Waals surface area contributed by atoms with Gasteiger partial charge < -0.3 is 16.0 Å². The Morgan fingerprint density at radius 1 is 1.19 bits per heavy atom. The Balaban J connectivity index is 0.00000338. The lowest BCUT2D eigenvalue weighted by molar-refractivity contribution is -0.135. The second-order valence-electron chi connectivity index (χ2n) is 6.57. The Bertz CT molecular complexity index is 591. The standard InChI is InChI=1S/C18H27FN4O2.ClH/c1-3-13(2)17(20)18(25)23-10-8-22(9-11-23)12-16(24)21-15-6-4-14(19)5-7-15;/h4-7,13,17H,3,8-12,20H2,1-2H3,(H,21,24);1H. The molecule has 1 heterocycles. The summed E-state index contributed by atoms with van der Waals surface area (Å²) in [6.45, 7) is 6.68. The van der Waals surface area contributed by atoms with Crippen molar-refractivity contribution in [3.8, 4) is 0 Å². The van der Waals surface area contributed by atoms with Crippen molar-refractivity contribution in [3.05, 3.63) is 30.1 Å². The van der Waals surface area contributed by atoms with Crippen LogP contribution in [0.5, 0.6) is 0 Å². The third-order valence-electron chi connectivity index (χ3n) is 4.72. The fourth-order valence-corrected chi connectivity index (χ4v) is 2.77. The van der Waals surface area contributed by atoms with Crippen molar-refractivity contribution in [1.29, 1.82) is 0 Å². The molecule has 26 heavy (non-hydrogen) atoms. The molecule has 2 amide bonds. The van der Waals surface area contributed by atoms with E-state index in [4.69, 9.17) is 5.73 Å². The van der Waals surface area contributed by atoms with Gasteiger partial charge in [-0.25, -0.2) is 4.39 Å². The minimum Gasteiger partial charge on any atom is -0.339 e. The zero-order chi connectivity index (χ0) is 18.4. The van der Waals surface area contributed by atoms with Crippen LogP contribution >= 0.6 is 12.4 Å². The lowest BCUT2D eigenvalue weighted by Gasteiger charge is -2.36. The monoisotopic (exact) mass is 386 g/mol. The zero-order valence-corrected chi connectivity index (χ0v) is 16.1. The number of nitrogens with two attached hydrogens (primary N) is 1. The van der Waals surface area contributed by atoms with Gasteiger partial charge in [-0.1, -0.05) is 20.3 Å². The number of amides is 2. The highest BCUT2D eigenvalue weighted by Crippen LogP contribution is 2.12. The number of rotatable bonds is 6. The van der Waals surface area contributed by atoms with Crippen LogP contribution < -0.4 is 11.1 Å². The van der Waals surface area contributed by atoms with Crippen LogP contribution in [-0.2, 0) is 9.59 Å². The SMILES string of the molecule is CCC(C)C(N)C(=O)N1CCN(CC(=O)Nc2ccc(F)cc2)CC1.Cl. The van der Waals surface area contributed by atoms with E-state index in [1.165, 1.54) is 24.3 Å². The van der Waals surface area contributed by atoms with Crippen molar-refractivity contribution < 1.29 is 14.0 Å². The third kappa shape index (κ3) is 6.23. The molecule has 1 aliphatic rings. The third-order valence-corrected chi connectivity index (χ3v) is 4.72. The lowest BCUT2D eigenvalue weighted by atomic mass is 9.98. The number of anilines is 1. The van der Waals surface area contributed by atoms with Crippen molar-refractivity contribution in [2.75, 3.05) is 38.0 Å². The number of nitrogens with zero attached hydrogens (tertiary/aromatic N) is 2. The van der Waals surface area contributed by atoms with Crippen LogP contribution in [-0.4, -0.2) is 60.4 Å². The quantitative estimate of drug-likeness (QED) is 0.780. The molecule has 0 radical (unpaired) electrons. The van der Waals surface area contributed by atoms with Crippen LogP contribution in [0.3, 0.4) is 0 Å². The lowest BCUT2D eigenvalue weighted by Crippen LogP contribution is -2.55. The van der Waals surface area contributed by atoms with E-state index in [1.807, 2.05) is 18.7 Å². The summed E-state index contributed by atoms with van der Waals surface area (Å²) in [4.78, 5) is 28.2. The molecule has 0 aliphatic carbocycles. The number of carbonyl (C=O) groups excluding carboxylic acids is 2. The van der Waals surface area contributed by atoms with Crippen LogP contribution in [0.25, 0.3) is 0 Å². The van der Waals surface area contributed by atoms with Crippen LogP contribution in [0, 0.1) is 11.7 Å². The van der Waals surface area contributed by atoms with E-state index in [1.54, 1.807) is 4.90 Å². The number of hydrogen-bond donors (Lipinski definition) is 2. The van der Waals surface area contributed by atoms with Crippen molar-refractivity contribution >= 4 is 29.9 Å². The molecule has 0 spiro atoms. The van der Waals surface area contributed by atoms with Gasteiger partial charge in [-0.3, -0.25) is 14.5 Å². The summed E-state index contributed by atoms with van der Waals surface area (Å²) >= 11 is 0. The molecule has 0 saturated carbocycles. The summed E-state index contributed by atoms with van der Waals surface area (Å²) in [7, 11) is 0. The number of benzene rings is 1. The van der Waals surface area contributed by atoms with Crippen LogP contribution in [0.2, 0.25) is 0 Å². The van der Waals surface area contributed by atoms with Gasteiger partial charge in [0.05, 0.1) is 12.6 Å². The highest BCUT2D eigenvalue weighted by molar-refractivity contribution is 5.92. The van der Waals surface area contributed by atoms with Crippen molar-refractivity contribution in [3.63, 3.8) is 0 Å². The molecule has 1 fully saturated rings. The molecule has 0 aromatic heterocycles. The summed E-state index contributed by atoms with van der Waals surface area (Å²) in [5.74, 6) is -0.339. The maximum absolute atomic E-state index is 12.9. The first kappa shape index (κ1) is 22.3. The highest BCUT2D eigenvalue weighted by Gasteiger charge is 2.28. The van der Waals surface area contributed by atoms with Crippen molar-refractivity contribution in [2.45, 2.75) is 26.3 Å². The summed E-state index contributed by atoms with van der Waals surface area (Å²) in [6.07, 6.45) is 0.871. The van der Waals surface area contributed by atoms with Crippen LogP contribution in [0.4, 0.5) is 10.1 Å². The summed E-state index contributed by atoms with van der Waals surface area (Å²) < 4.78 is 12.9. The summed E-state index contributed by atoms with van der Waals surface area (Å²) in [5, 5.41) is 2.74. The Morgan fingerprint density at radius 2 is 1.77 bits per heavy atom. The van der Waals surface area contributed by atoms with Gasteiger partial charge in [0.25, 0.3) is 0 Å². The summed E-state index contributed by atoms with van der Waals surface area (Å²) in [5.41, 5.74) is 6.59. The molecule has 0 bridgehead atoms. The van der Waals surface area contributed by atoms with Crippen molar-refractivity contribution in [1.82, 2.24) is 9.80 Å². The molecule has 6 nitrogen and oxygen atoms in total. The minimum atomic E-state index is -0.460. The average Bonchev–Trinajstić information content (AvgIpc) is 2.62. The van der Waals surface area contributed by atoms with E-state index in [2.05, 4.69) is 5.32 Å². The van der Waals surface area contributed by atoms with E-state index in [-0.39, 0.29) is 42.5 Å². The molecule has 1 aromatic rings. The molecular formula is C18H28ClFN4O2. The predicted octanol–water partition coefficient (Wildman–Crippen LogP) is 1.70. The first-order valence-corrected chi connectivity index (χ1v) is 8.72. The number of halogens is 2. The molecular weight excluding hydrogens is 359 g/mol. The fraction of sp³-hybridized carbons (Fsp3) is 0.556. The Morgan fingerprint density at radius 3 is 2.31 bits per heavy atom. The Labute approximate surface area is 160 Å². The average molecular weight is 387 g/mol. The van der Waals surface area contributed by atoms with Gasteiger partial charge in [-0.05, 0) is 30.2 Å². The molecule has 146 valence electrons. The van der Waals surface area contributed by atoms with Gasteiger partial charge in [-0.15, -0.1) is 12.4 Å². The van der Waals surface area contributed by atoms with Crippen LogP contribution in [0.1, 0.15) is 20.3 Å². The van der Waals surface area contributed by atoms with E-state index < -0.39 is 6.04 Å². The number of piperazine rings is 1. The zero-order valence-electron chi connectivity index (χ0n) is 15.3. The van der Waals surface area contributed by atoms with Gasteiger partial charge in [0.1, 0.15) is 5.82 Å². The molecule has 1 aromatic carbocycles. The molecule has 2 atom stereocenters. The van der Waals surface area contributed by atoms with E-state index in [9.17, 15) is 14.0 Å². The summed E-state index contributed by atoms with van der Waals surface area (Å²) in [6, 6.07) is 5.21.